The van der Waals surface area contributed by atoms with Crippen molar-refractivity contribution < 1.29 is 10.0 Å². The van der Waals surface area contributed by atoms with Gasteiger partial charge in [-0.1, -0.05) is 0 Å². The summed E-state index contributed by atoms with van der Waals surface area (Å²) in [4.78, 5) is 14.2. The van der Waals surface area contributed by atoms with E-state index in [1.807, 2.05) is 0 Å². The second-order valence-corrected chi connectivity index (χ2v) is 4.58. The van der Waals surface area contributed by atoms with Gasteiger partial charge in [-0.25, -0.2) is 0 Å². The van der Waals surface area contributed by atoms with Gasteiger partial charge in [-0.05, 0) is 29.2 Å². The van der Waals surface area contributed by atoms with Crippen LogP contribution in [0.1, 0.15) is 25.1 Å². The molecule has 2 rings (SSSR count). The molecular formula is C10H16N4O3. The van der Waals surface area contributed by atoms with Crippen molar-refractivity contribution in [3.8, 4) is 0 Å². The van der Waals surface area contributed by atoms with E-state index in [2.05, 4.69) is 10.3 Å². The summed E-state index contributed by atoms with van der Waals surface area (Å²) in [6, 6.07) is 0. The third kappa shape index (κ3) is 2.10. The molecule has 1 saturated carbocycles. The number of aliphatic hydroxyl groups is 1. The number of hydrogen-bond donors (Lipinski definition) is 2. The number of nitro groups is 1. The zero-order valence-electron chi connectivity index (χ0n) is 9.93. The van der Waals surface area contributed by atoms with Gasteiger partial charge >= 0.3 is 5.82 Å². The normalized spacial score (nSPS) is 17.6. The number of aromatic nitrogens is 2. The molecule has 0 atom stereocenters. The zero-order valence-corrected chi connectivity index (χ0v) is 9.93. The monoisotopic (exact) mass is 240 g/mol. The first-order valence-electron chi connectivity index (χ1n) is 5.57. The Bertz CT molecular complexity index is 451. The highest BCUT2D eigenvalue weighted by atomic mass is 16.6. The molecule has 1 heterocycles. The van der Waals surface area contributed by atoms with Crippen molar-refractivity contribution in [3.05, 3.63) is 15.9 Å². The number of nitrogens with one attached hydrogen (secondary N) is 1. The van der Waals surface area contributed by atoms with Gasteiger partial charge < -0.3 is 20.5 Å². The molecule has 0 saturated heterocycles. The lowest BCUT2D eigenvalue weighted by atomic mass is 9.80. The fraction of sp³-hybridized carbons (Fsp3) is 0.700. The van der Waals surface area contributed by atoms with Crippen molar-refractivity contribution in [3.63, 3.8) is 0 Å². The molecule has 1 fully saturated rings. The first-order chi connectivity index (χ1) is 7.93. The standard InChI is InChI=1S/C10H16N4O3/c1-7-12-9(14(16)17)8(13(7)2)11-6-10(15)4-3-5-10/h11,15H,3-6H2,1-2H3. The van der Waals surface area contributed by atoms with Crippen molar-refractivity contribution in [1.82, 2.24) is 9.55 Å². The summed E-state index contributed by atoms with van der Waals surface area (Å²) < 4.78 is 1.63. The second-order valence-electron chi connectivity index (χ2n) is 4.58. The number of aryl methyl sites for hydroxylation is 1. The average molecular weight is 240 g/mol. The van der Waals surface area contributed by atoms with Gasteiger partial charge in [0.2, 0.25) is 11.6 Å². The molecule has 0 radical (unpaired) electrons. The van der Waals surface area contributed by atoms with Crippen molar-refractivity contribution in [2.75, 3.05) is 11.9 Å². The highest BCUT2D eigenvalue weighted by Gasteiger charge is 2.35. The fourth-order valence-electron chi connectivity index (χ4n) is 1.93. The molecule has 0 bridgehead atoms. The summed E-state index contributed by atoms with van der Waals surface area (Å²) in [6.45, 7) is 2.03. The van der Waals surface area contributed by atoms with Crippen molar-refractivity contribution >= 4 is 11.6 Å². The van der Waals surface area contributed by atoms with Crippen LogP contribution in [0.25, 0.3) is 0 Å². The van der Waals surface area contributed by atoms with E-state index in [0.717, 1.165) is 19.3 Å². The van der Waals surface area contributed by atoms with Gasteiger partial charge in [-0.15, -0.1) is 0 Å². The third-order valence-corrected chi connectivity index (χ3v) is 3.34. The van der Waals surface area contributed by atoms with Gasteiger partial charge in [0.05, 0.1) is 5.60 Å². The molecule has 0 aromatic carbocycles. The molecule has 2 N–H and O–H groups in total. The molecule has 17 heavy (non-hydrogen) atoms. The zero-order chi connectivity index (χ0) is 12.6. The molecule has 1 aliphatic carbocycles. The molecule has 0 amide bonds. The molecule has 7 nitrogen and oxygen atoms in total. The SMILES string of the molecule is Cc1nc([N+](=O)[O-])c(NCC2(O)CCC2)n1C. The minimum Gasteiger partial charge on any atom is -0.388 e. The predicted octanol–water partition coefficient (Wildman–Crippen LogP) is 0.964. The summed E-state index contributed by atoms with van der Waals surface area (Å²) in [5.41, 5.74) is -0.716. The largest absolute Gasteiger partial charge is 0.406 e. The Kier molecular flexibility index (Phi) is 2.78. The number of anilines is 1. The van der Waals surface area contributed by atoms with Crippen LogP contribution in [-0.2, 0) is 7.05 Å². The van der Waals surface area contributed by atoms with Crippen LogP contribution in [-0.4, -0.2) is 31.7 Å². The summed E-state index contributed by atoms with van der Waals surface area (Å²) in [5.74, 6) is 0.737. The van der Waals surface area contributed by atoms with E-state index in [9.17, 15) is 15.2 Å². The van der Waals surface area contributed by atoms with Crippen LogP contribution in [0, 0.1) is 17.0 Å². The molecule has 0 aliphatic heterocycles. The van der Waals surface area contributed by atoms with Gasteiger partial charge in [0.1, 0.15) is 0 Å². The molecule has 0 spiro atoms. The van der Waals surface area contributed by atoms with Gasteiger partial charge in [0, 0.05) is 20.5 Å². The van der Waals surface area contributed by atoms with Crippen LogP contribution < -0.4 is 5.32 Å². The Labute approximate surface area is 98.6 Å². The summed E-state index contributed by atoms with van der Waals surface area (Å²) >= 11 is 0. The van der Waals surface area contributed by atoms with E-state index < -0.39 is 10.5 Å². The van der Waals surface area contributed by atoms with Gasteiger partial charge in [-0.3, -0.25) is 4.57 Å². The van der Waals surface area contributed by atoms with E-state index in [4.69, 9.17) is 0 Å². The lowest BCUT2D eigenvalue weighted by Gasteiger charge is -2.36. The van der Waals surface area contributed by atoms with Crippen LogP contribution in [0.3, 0.4) is 0 Å². The molecule has 1 aromatic heterocycles. The lowest BCUT2D eigenvalue weighted by molar-refractivity contribution is -0.388. The van der Waals surface area contributed by atoms with E-state index >= 15 is 0 Å². The number of nitrogens with zero attached hydrogens (tertiary/aromatic N) is 3. The van der Waals surface area contributed by atoms with Crippen LogP contribution in [0.15, 0.2) is 0 Å². The van der Waals surface area contributed by atoms with Crippen LogP contribution in [0.2, 0.25) is 0 Å². The molecule has 0 unspecified atom stereocenters. The Morgan fingerprint density at radius 3 is 2.76 bits per heavy atom. The predicted molar refractivity (Wildman–Crippen MR) is 61.9 cm³/mol. The quantitative estimate of drug-likeness (QED) is 0.604. The lowest BCUT2D eigenvalue weighted by Crippen LogP contribution is -2.43. The Hall–Kier alpha value is -1.63. The molecular weight excluding hydrogens is 224 g/mol. The van der Waals surface area contributed by atoms with Gasteiger partial charge in [0.15, 0.2) is 0 Å². The van der Waals surface area contributed by atoms with Gasteiger partial charge in [0.25, 0.3) is 0 Å². The molecule has 7 heteroatoms. The van der Waals surface area contributed by atoms with E-state index in [1.54, 1.807) is 18.5 Å². The Balaban J connectivity index is 2.16. The smallest absolute Gasteiger partial charge is 0.388 e. The molecule has 1 aromatic rings. The maximum Gasteiger partial charge on any atom is 0.406 e. The minimum atomic E-state index is -0.716. The maximum absolute atomic E-state index is 10.8. The first-order valence-corrected chi connectivity index (χ1v) is 5.57. The Morgan fingerprint density at radius 1 is 1.65 bits per heavy atom. The average Bonchev–Trinajstić information content (AvgIpc) is 2.51. The minimum absolute atomic E-state index is 0.187. The van der Waals surface area contributed by atoms with Crippen molar-refractivity contribution in [2.24, 2.45) is 7.05 Å². The van der Waals surface area contributed by atoms with Crippen LogP contribution in [0.4, 0.5) is 11.6 Å². The van der Waals surface area contributed by atoms with E-state index in [-0.39, 0.29) is 5.82 Å². The van der Waals surface area contributed by atoms with Crippen molar-refractivity contribution in [1.29, 1.82) is 0 Å². The second kappa shape index (κ2) is 3.99. The van der Waals surface area contributed by atoms with Gasteiger partial charge in [-0.2, -0.15) is 0 Å². The fourth-order valence-corrected chi connectivity index (χ4v) is 1.93. The first kappa shape index (κ1) is 11.8. The van der Waals surface area contributed by atoms with Crippen LogP contribution >= 0.6 is 0 Å². The molecule has 94 valence electrons. The highest BCUT2D eigenvalue weighted by molar-refractivity contribution is 5.53. The molecule has 1 aliphatic rings. The number of imidazole rings is 1. The topological polar surface area (TPSA) is 93.2 Å². The highest BCUT2D eigenvalue weighted by Crippen LogP contribution is 2.33. The summed E-state index contributed by atoms with van der Waals surface area (Å²) in [6.07, 6.45) is 2.49. The Morgan fingerprint density at radius 2 is 2.29 bits per heavy atom. The van der Waals surface area contributed by atoms with Crippen LogP contribution in [0.5, 0.6) is 0 Å². The van der Waals surface area contributed by atoms with E-state index in [0.29, 0.717) is 18.2 Å². The maximum atomic E-state index is 10.8. The third-order valence-electron chi connectivity index (χ3n) is 3.34. The van der Waals surface area contributed by atoms with E-state index in [1.165, 1.54) is 0 Å². The summed E-state index contributed by atoms with van der Waals surface area (Å²) in [7, 11) is 1.71. The number of rotatable bonds is 4. The summed E-state index contributed by atoms with van der Waals surface area (Å²) in [5, 5.41) is 23.7. The van der Waals surface area contributed by atoms with Crippen molar-refractivity contribution in [2.45, 2.75) is 31.8 Å². The number of hydrogen-bond acceptors (Lipinski definition) is 5.